The molecule has 6 heteroatoms. The van der Waals surface area contributed by atoms with Gasteiger partial charge in [0.25, 0.3) is 0 Å². The molecule has 0 amide bonds. The number of ether oxygens (including phenoxy) is 3. The number of rotatable bonds is 19. The van der Waals surface area contributed by atoms with Gasteiger partial charge in [-0.1, -0.05) is 102 Å². The van der Waals surface area contributed by atoms with Crippen LogP contribution in [0.2, 0.25) is 0 Å². The van der Waals surface area contributed by atoms with Gasteiger partial charge in [-0.2, -0.15) is 0 Å². The molecule has 0 fully saturated rings. The lowest BCUT2D eigenvalue weighted by atomic mass is 9.99. The maximum Gasteiger partial charge on any atom is 0.344 e. The normalized spacial score (nSPS) is 11.6. The molecule has 0 saturated carbocycles. The van der Waals surface area contributed by atoms with Crippen molar-refractivity contribution in [3.63, 3.8) is 0 Å². The molecule has 1 atom stereocenters. The summed E-state index contributed by atoms with van der Waals surface area (Å²) in [5.74, 6) is -0.00872. The second-order valence-electron chi connectivity index (χ2n) is 10.6. The first kappa shape index (κ1) is 32.8. The van der Waals surface area contributed by atoms with E-state index in [1.54, 1.807) is 12.1 Å². The van der Waals surface area contributed by atoms with E-state index in [1.165, 1.54) is 56.4 Å². The van der Waals surface area contributed by atoms with Gasteiger partial charge in [0.05, 0.1) is 17.7 Å². The van der Waals surface area contributed by atoms with E-state index in [-0.39, 0.29) is 12.2 Å². The van der Waals surface area contributed by atoms with Crippen LogP contribution in [0.3, 0.4) is 0 Å². The summed E-state index contributed by atoms with van der Waals surface area (Å²) >= 11 is 0. The Kier molecular flexibility index (Phi) is 14.6. The van der Waals surface area contributed by atoms with Crippen LogP contribution >= 0.6 is 0 Å². The Morgan fingerprint density at radius 3 is 2.02 bits per heavy atom. The summed E-state index contributed by atoms with van der Waals surface area (Å²) in [7, 11) is 0. The fourth-order valence-corrected chi connectivity index (χ4v) is 4.66. The van der Waals surface area contributed by atoms with Gasteiger partial charge >= 0.3 is 11.9 Å². The molecule has 226 valence electrons. The lowest BCUT2D eigenvalue weighted by Gasteiger charge is -2.12. The Bertz CT molecular complexity index is 1210. The van der Waals surface area contributed by atoms with Gasteiger partial charge in [0.1, 0.15) is 24.3 Å². The van der Waals surface area contributed by atoms with Gasteiger partial charge in [0.15, 0.2) is 0 Å². The van der Waals surface area contributed by atoms with Crippen LogP contribution in [0.4, 0.5) is 4.39 Å². The van der Waals surface area contributed by atoms with E-state index >= 15 is 0 Å². The minimum absolute atomic E-state index is 0.259. The number of hydrogen-bond acceptors (Lipinski definition) is 5. The molecule has 0 heterocycles. The molecule has 1 unspecified atom stereocenters. The van der Waals surface area contributed by atoms with Crippen molar-refractivity contribution >= 4 is 11.9 Å². The molecule has 0 radical (unpaired) electrons. The number of benzene rings is 3. The topological polar surface area (TPSA) is 61.8 Å². The molecule has 0 N–H and O–H groups in total. The predicted molar refractivity (Wildman–Crippen MR) is 166 cm³/mol. The zero-order valence-electron chi connectivity index (χ0n) is 25.1. The molecule has 42 heavy (non-hydrogen) atoms. The molecule has 0 aliphatic rings. The van der Waals surface area contributed by atoms with Gasteiger partial charge in [0, 0.05) is 0 Å². The third-order valence-electron chi connectivity index (χ3n) is 7.15. The quantitative estimate of drug-likeness (QED) is 0.0807. The first-order valence-electron chi connectivity index (χ1n) is 15.5. The van der Waals surface area contributed by atoms with Crippen molar-refractivity contribution < 1.29 is 28.2 Å². The van der Waals surface area contributed by atoms with Crippen LogP contribution in [0, 0.1) is 0 Å². The highest BCUT2D eigenvalue weighted by molar-refractivity contribution is 5.98. The third-order valence-corrected chi connectivity index (χ3v) is 7.15. The second-order valence-corrected chi connectivity index (χ2v) is 10.6. The van der Waals surface area contributed by atoms with Gasteiger partial charge in [0.2, 0.25) is 0 Å². The average molecular weight is 577 g/mol. The smallest absolute Gasteiger partial charge is 0.344 e. The standard InChI is InChI=1S/C36H45FO5/c1-3-5-7-9-10-14-26-40-31-22-18-28(19-23-31)33-16-12-13-17-34(33)36(39)42-32-24-20-29(21-25-32)35(38)41-27-30(37)15-11-8-6-4-2/h12-13,16-25,30H,3-11,14-15,26-27H2,1-2H3. The van der Waals surface area contributed by atoms with E-state index in [4.69, 9.17) is 14.2 Å². The number of unbranched alkanes of at least 4 members (excludes halogenated alkanes) is 8. The summed E-state index contributed by atoms with van der Waals surface area (Å²) in [6.45, 7) is 4.76. The van der Waals surface area contributed by atoms with E-state index in [1.807, 2.05) is 36.4 Å². The van der Waals surface area contributed by atoms with Crippen LogP contribution < -0.4 is 9.47 Å². The van der Waals surface area contributed by atoms with Gasteiger partial charge in [-0.15, -0.1) is 0 Å². The molecular weight excluding hydrogens is 531 g/mol. The van der Waals surface area contributed by atoms with Crippen molar-refractivity contribution in [3.8, 4) is 22.6 Å². The Hall–Kier alpha value is -3.67. The highest BCUT2D eigenvalue weighted by Gasteiger charge is 2.16. The summed E-state index contributed by atoms with van der Waals surface area (Å²) < 4.78 is 30.6. The van der Waals surface area contributed by atoms with E-state index in [2.05, 4.69) is 13.8 Å². The van der Waals surface area contributed by atoms with E-state index < -0.39 is 18.1 Å². The number of carbonyl (C=O) groups excluding carboxylic acids is 2. The number of hydrogen-bond donors (Lipinski definition) is 0. The van der Waals surface area contributed by atoms with Crippen molar-refractivity contribution in [1.82, 2.24) is 0 Å². The highest BCUT2D eigenvalue weighted by atomic mass is 19.1. The average Bonchev–Trinajstić information content (AvgIpc) is 3.02. The van der Waals surface area contributed by atoms with E-state index in [9.17, 15) is 14.0 Å². The van der Waals surface area contributed by atoms with E-state index in [0.29, 0.717) is 24.3 Å². The van der Waals surface area contributed by atoms with Crippen molar-refractivity contribution in [2.75, 3.05) is 13.2 Å². The summed E-state index contributed by atoms with van der Waals surface area (Å²) in [6.07, 6.45) is 10.5. The van der Waals surface area contributed by atoms with E-state index in [0.717, 1.165) is 49.0 Å². The number of esters is 2. The molecule has 0 aliphatic carbocycles. The molecule has 0 aliphatic heterocycles. The Morgan fingerprint density at radius 1 is 0.690 bits per heavy atom. The van der Waals surface area contributed by atoms with Crippen LogP contribution in [-0.4, -0.2) is 31.3 Å². The van der Waals surface area contributed by atoms with Crippen molar-refractivity contribution in [2.45, 2.75) is 90.6 Å². The zero-order chi connectivity index (χ0) is 30.0. The minimum atomic E-state index is -1.17. The maximum absolute atomic E-state index is 14.0. The van der Waals surface area contributed by atoms with Crippen LogP contribution in [0.5, 0.6) is 11.5 Å². The van der Waals surface area contributed by atoms with Crippen LogP contribution in [-0.2, 0) is 4.74 Å². The molecular formula is C36H45FO5. The summed E-state index contributed by atoms with van der Waals surface area (Å²) in [5.41, 5.74) is 2.33. The number of alkyl halides is 1. The third kappa shape index (κ3) is 11.3. The zero-order valence-corrected chi connectivity index (χ0v) is 25.1. The Labute approximate surface area is 250 Å². The van der Waals surface area contributed by atoms with Crippen molar-refractivity contribution in [1.29, 1.82) is 0 Å². The first-order valence-corrected chi connectivity index (χ1v) is 15.5. The largest absolute Gasteiger partial charge is 0.494 e. The molecule has 5 nitrogen and oxygen atoms in total. The minimum Gasteiger partial charge on any atom is -0.494 e. The Balaban J connectivity index is 1.51. The lowest BCUT2D eigenvalue weighted by Crippen LogP contribution is -2.15. The van der Waals surface area contributed by atoms with Crippen LogP contribution in [0.25, 0.3) is 11.1 Å². The van der Waals surface area contributed by atoms with Gasteiger partial charge in [-0.3, -0.25) is 0 Å². The summed E-state index contributed by atoms with van der Waals surface area (Å²) in [5, 5.41) is 0. The second kappa shape index (κ2) is 18.7. The molecule has 0 saturated heterocycles. The molecule has 0 spiro atoms. The van der Waals surface area contributed by atoms with Gasteiger partial charge in [-0.25, -0.2) is 14.0 Å². The van der Waals surface area contributed by atoms with Crippen LogP contribution in [0.15, 0.2) is 72.8 Å². The fourth-order valence-electron chi connectivity index (χ4n) is 4.66. The number of carbonyl (C=O) groups is 2. The van der Waals surface area contributed by atoms with Gasteiger partial charge in [-0.05, 0) is 66.4 Å². The Morgan fingerprint density at radius 2 is 1.31 bits per heavy atom. The van der Waals surface area contributed by atoms with Crippen LogP contribution in [0.1, 0.15) is 105 Å². The first-order chi connectivity index (χ1) is 20.5. The molecule has 0 aromatic heterocycles. The van der Waals surface area contributed by atoms with Gasteiger partial charge < -0.3 is 14.2 Å². The maximum atomic E-state index is 14.0. The fraction of sp³-hybridized carbons (Fsp3) is 0.444. The molecule has 0 bridgehead atoms. The summed E-state index contributed by atoms with van der Waals surface area (Å²) in [4.78, 5) is 25.4. The molecule has 3 aromatic carbocycles. The highest BCUT2D eigenvalue weighted by Crippen LogP contribution is 2.27. The number of halogens is 1. The SMILES string of the molecule is CCCCCCCCOc1ccc(-c2ccccc2C(=O)Oc2ccc(C(=O)OCC(F)CCCCCC)cc2)cc1. The van der Waals surface area contributed by atoms with Crippen molar-refractivity contribution in [3.05, 3.63) is 83.9 Å². The monoisotopic (exact) mass is 576 g/mol. The lowest BCUT2D eigenvalue weighted by molar-refractivity contribution is 0.0389. The molecule has 3 rings (SSSR count). The van der Waals surface area contributed by atoms with Crippen molar-refractivity contribution in [2.24, 2.45) is 0 Å². The summed E-state index contributed by atoms with van der Waals surface area (Å²) in [6, 6.07) is 21.1. The molecule has 3 aromatic rings. The predicted octanol–water partition coefficient (Wildman–Crippen LogP) is 9.78.